The van der Waals surface area contributed by atoms with Crippen LogP contribution in [0.5, 0.6) is 5.75 Å². The van der Waals surface area contributed by atoms with Crippen LogP contribution in [0.1, 0.15) is 18.4 Å². The molecule has 1 aliphatic heterocycles. The molecule has 1 aliphatic rings. The molecule has 1 unspecified atom stereocenters. The second-order valence-electron chi connectivity index (χ2n) is 8.59. The Morgan fingerprint density at radius 2 is 1.80 bits per heavy atom. The first-order chi connectivity index (χ1) is 17.2. The van der Waals surface area contributed by atoms with E-state index in [1.54, 1.807) is 13.3 Å². The van der Waals surface area contributed by atoms with Crippen LogP contribution in [0.2, 0.25) is 0 Å². The summed E-state index contributed by atoms with van der Waals surface area (Å²) >= 11 is 0. The number of aromatic nitrogens is 4. The van der Waals surface area contributed by atoms with Gasteiger partial charge < -0.3 is 15.0 Å². The van der Waals surface area contributed by atoms with Gasteiger partial charge in [-0.15, -0.1) is 10.2 Å². The van der Waals surface area contributed by atoms with Crippen molar-refractivity contribution in [3.63, 3.8) is 0 Å². The number of hydrogen-bond donors (Lipinski definition) is 1. The maximum atomic E-state index is 12.8. The highest BCUT2D eigenvalue weighted by atomic mass is 16.5. The molecule has 35 heavy (non-hydrogen) atoms. The van der Waals surface area contributed by atoms with Gasteiger partial charge in [0.2, 0.25) is 5.91 Å². The average molecular weight is 469 g/mol. The van der Waals surface area contributed by atoms with Crippen LogP contribution in [0, 0.1) is 5.92 Å². The molecule has 5 rings (SSSR count). The first kappa shape index (κ1) is 22.6. The highest BCUT2D eigenvalue weighted by molar-refractivity contribution is 5.79. The largest absolute Gasteiger partial charge is 0.497 e. The highest BCUT2D eigenvalue weighted by Gasteiger charge is 2.26. The van der Waals surface area contributed by atoms with Crippen molar-refractivity contribution in [2.24, 2.45) is 5.92 Å². The van der Waals surface area contributed by atoms with E-state index in [9.17, 15) is 4.79 Å². The molecule has 1 fully saturated rings. The number of anilines is 1. The Labute approximate surface area is 204 Å². The number of amides is 1. The van der Waals surface area contributed by atoms with Crippen LogP contribution < -0.4 is 15.0 Å². The van der Waals surface area contributed by atoms with Crippen LogP contribution in [0.3, 0.4) is 0 Å². The fraction of sp³-hybridized carbons (Fsp3) is 0.259. The van der Waals surface area contributed by atoms with Gasteiger partial charge in [-0.2, -0.15) is 0 Å². The van der Waals surface area contributed by atoms with Gasteiger partial charge in [-0.25, -0.2) is 4.98 Å². The molecule has 1 N–H and O–H groups in total. The molecule has 4 aromatic rings. The zero-order valence-electron chi connectivity index (χ0n) is 19.7. The van der Waals surface area contributed by atoms with Crippen molar-refractivity contribution < 1.29 is 9.53 Å². The minimum atomic E-state index is -0.0817. The number of carbonyl (C=O) groups is 1. The number of methoxy groups -OCH3 is 1. The van der Waals surface area contributed by atoms with Gasteiger partial charge in [0.1, 0.15) is 11.6 Å². The Kier molecular flexibility index (Phi) is 6.70. The molecule has 2 aromatic carbocycles. The second-order valence-corrected chi connectivity index (χ2v) is 8.59. The third kappa shape index (κ3) is 5.16. The Hall–Kier alpha value is -4.20. The topological polar surface area (TPSA) is 85.2 Å². The summed E-state index contributed by atoms with van der Waals surface area (Å²) in [6.07, 6.45) is 5.45. The Balaban J connectivity index is 1.22. The number of hydrogen-bond acceptors (Lipinski definition) is 6. The molecule has 178 valence electrons. The number of nitrogens with one attached hydrogen (secondary N) is 1. The van der Waals surface area contributed by atoms with Gasteiger partial charge in [0.05, 0.1) is 13.0 Å². The van der Waals surface area contributed by atoms with Crippen molar-refractivity contribution in [3.05, 3.63) is 84.7 Å². The number of piperidine rings is 1. The van der Waals surface area contributed by atoms with Crippen molar-refractivity contribution in [3.8, 4) is 23.0 Å². The summed E-state index contributed by atoms with van der Waals surface area (Å²) in [7, 11) is 1.64. The lowest BCUT2D eigenvalue weighted by Crippen LogP contribution is -2.43. The average Bonchev–Trinajstić information content (AvgIpc) is 3.43. The molecule has 8 heteroatoms. The van der Waals surface area contributed by atoms with E-state index in [-0.39, 0.29) is 11.8 Å². The number of ether oxygens (including phenoxy) is 1. The van der Waals surface area contributed by atoms with Gasteiger partial charge in [0.25, 0.3) is 0 Å². The zero-order valence-corrected chi connectivity index (χ0v) is 19.7. The first-order valence-corrected chi connectivity index (χ1v) is 11.8. The quantitative estimate of drug-likeness (QED) is 0.443. The van der Waals surface area contributed by atoms with Gasteiger partial charge >= 0.3 is 0 Å². The molecule has 3 heterocycles. The molecule has 0 bridgehead atoms. The van der Waals surface area contributed by atoms with Gasteiger partial charge in [-0.1, -0.05) is 42.5 Å². The van der Waals surface area contributed by atoms with E-state index >= 15 is 0 Å². The number of carbonyl (C=O) groups excluding carboxylic acids is 1. The van der Waals surface area contributed by atoms with Gasteiger partial charge in [0.15, 0.2) is 11.6 Å². The summed E-state index contributed by atoms with van der Waals surface area (Å²) in [5.41, 5.74) is 2.06. The van der Waals surface area contributed by atoms with E-state index in [4.69, 9.17) is 4.74 Å². The van der Waals surface area contributed by atoms with Crippen LogP contribution in [-0.4, -0.2) is 45.9 Å². The molecule has 0 radical (unpaired) electrons. The van der Waals surface area contributed by atoms with Gasteiger partial charge in [-0.3, -0.25) is 9.36 Å². The Bertz CT molecular complexity index is 1260. The number of rotatable bonds is 7. The number of imidazole rings is 1. The van der Waals surface area contributed by atoms with Gasteiger partial charge in [0, 0.05) is 37.6 Å². The minimum absolute atomic E-state index is 0.0704. The summed E-state index contributed by atoms with van der Waals surface area (Å²) < 4.78 is 7.12. The van der Waals surface area contributed by atoms with Crippen molar-refractivity contribution >= 4 is 11.7 Å². The number of nitrogens with zero attached hydrogens (tertiary/aromatic N) is 5. The summed E-state index contributed by atoms with van der Waals surface area (Å²) in [6, 6.07) is 21.7. The molecular weight excluding hydrogens is 440 g/mol. The van der Waals surface area contributed by atoms with Crippen molar-refractivity contribution in [1.29, 1.82) is 0 Å². The lowest BCUT2D eigenvalue weighted by molar-refractivity contribution is -0.125. The van der Waals surface area contributed by atoms with Crippen molar-refractivity contribution in [2.75, 3.05) is 25.1 Å². The molecule has 0 saturated carbocycles. The van der Waals surface area contributed by atoms with Crippen LogP contribution >= 0.6 is 0 Å². The molecule has 1 atom stereocenters. The molecule has 8 nitrogen and oxygen atoms in total. The second kappa shape index (κ2) is 10.4. The van der Waals surface area contributed by atoms with E-state index in [1.165, 1.54) is 0 Å². The van der Waals surface area contributed by atoms with E-state index in [0.717, 1.165) is 47.9 Å². The highest BCUT2D eigenvalue weighted by Crippen LogP contribution is 2.24. The summed E-state index contributed by atoms with van der Waals surface area (Å²) in [4.78, 5) is 19.5. The van der Waals surface area contributed by atoms with E-state index in [0.29, 0.717) is 18.9 Å². The summed E-state index contributed by atoms with van der Waals surface area (Å²) in [6.45, 7) is 1.99. The fourth-order valence-electron chi connectivity index (χ4n) is 4.38. The van der Waals surface area contributed by atoms with Crippen LogP contribution in [0.15, 0.2) is 79.1 Å². The molecule has 0 aliphatic carbocycles. The first-order valence-electron chi connectivity index (χ1n) is 11.8. The molecule has 1 saturated heterocycles. The Morgan fingerprint density at radius 3 is 2.54 bits per heavy atom. The molecule has 1 amide bonds. The zero-order chi connectivity index (χ0) is 24.0. The molecule has 2 aromatic heterocycles. The van der Waals surface area contributed by atoms with E-state index < -0.39 is 0 Å². The van der Waals surface area contributed by atoms with E-state index in [2.05, 4.69) is 25.4 Å². The van der Waals surface area contributed by atoms with Crippen molar-refractivity contribution in [1.82, 2.24) is 25.1 Å². The maximum absolute atomic E-state index is 12.8. The lowest BCUT2D eigenvalue weighted by Gasteiger charge is -2.32. The molecule has 0 spiro atoms. The molecular formula is C27H28N6O2. The standard InChI is InChI=1S/C27H28N6O2/c1-35-23-11-9-20(10-12-23)18-29-27(34)22-8-5-16-32(19-22)24-13-14-25(31-30-24)33-17-15-28-26(33)21-6-3-2-4-7-21/h2-4,6-7,9-15,17,22H,5,8,16,18-19H2,1H3,(H,29,34). The summed E-state index contributed by atoms with van der Waals surface area (Å²) in [5, 5.41) is 12.0. The van der Waals surface area contributed by atoms with E-state index in [1.807, 2.05) is 77.5 Å². The fourth-order valence-corrected chi connectivity index (χ4v) is 4.38. The third-order valence-electron chi connectivity index (χ3n) is 6.30. The minimum Gasteiger partial charge on any atom is -0.497 e. The third-order valence-corrected chi connectivity index (χ3v) is 6.30. The SMILES string of the molecule is COc1ccc(CNC(=O)C2CCCN(c3ccc(-n4ccnc4-c4ccccc4)nn3)C2)cc1. The van der Waals surface area contributed by atoms with Crippen LogP contribution in [0.25, 0.3) is 17.2 Å². The smallest absolute Gasteiger partial charge is 0.225 e. The lowest BCUT2D eigenvalue weighted by atomic mass is 9.97. The van der Waals surface area contributed by atoms with Crippen LogP contribution in [0.4, 0.5) is 5.82 Å². The number of benzene rings is 2. The van der Waals surface area contributed by atoms with Crippen LogP contribution in [-0.2, 0) is 11.3 Å². The maximum Gasteiger partial charge on any atom is 0.225 e. The monoisotopic (exact) mass is 468 g/mol. The predicted molar refractivity (Wildman–Crippen MR) is 134 cm³/mol. The normalized spacial score (nSPS) is 15.6. The summed E-state index contributed by atoms with van der Waals surface area (Å²) in [5.74, 6) is 3.10. The van der Waals surface area contributed by atoms with Gasteiger partial charge in [-0.05, 0) is 42.7 Å². The Morgan fingerprint density at radius 1 is 1.03 bits per heavy atom. The van der Waals surface area contributed by atoms with Crippen molar-refractivity contribution in [2.45, 2.75) is 19.4 Å². The predicted octanol–water partition coefficient (Wildman–Crippen LogP) is 3.87.